The van der Waals surface area contributed by atoms with Gasteiger partial charge in [-0.2, -0.15) is 5.10 Å². The number of amides is 2. The fourth-order valence-corrected chi connectivity index (χ4v) is 2.72. The first-order valence-electron chi connectivity index (χ1n) is 7.02. The van der Waals surface area contributed by atoms with Crippen LogP contribution in [0, 0.1) is 5.92 Å². The average Bonchev–Trinajstić information content (AvgIpc) is 3.16. The number of H-pyrrole nitrogens is 1. The molecule has 3 rings (SSSR count). The molecule has 1 atom stereocenters. The molecule has 0 saturated carbocycles. The maximum Gasteiger partial charge on any atom is 0.229 e. The standard InChI is InChI=1S/C15H15ClN4O3/c1-23-13-3-2-10(16)5-12(13)20-8-9(4-14(20)21)15(22)19-11-6-17-18-7-11/h2-3,5-7,9H,4,8H2,1H3,(H,17,18)(H,19,22)/t9-/m1/s1. The molecule has 2 amide bonds. The van der Waals surface area contributed by atoms with E-state index in [1.807, 2.05) is 0 Å². The zero-order valence-corrected chi connectivity index (χ0v) is 13.1. The highest BCUT2D eigenvalue weighted by atomic mass is 35.5. The predicted octanol–water partition coefficient (Wildman–Crippen LogP) is 2.06. The summed E-state index contributed by atoms with van der Waals surface area (Å²) in [5, 5.41) is 9.61. The topological polar surface area (TPSA) is 87.3 Å². The number of hydrogen-bond donors (Lipinski definition) is 2. The molecule has 1 saturated heterocycles. The zero-order valence-electron chi connectivity index (χ0n) is 12.4. The Morgan fingerprint density at radius 2 is 2.35 bits per heavy atom. The van der Waals surface area contributed by atoms with Crippen molar-refractivity contribution in [2.75, 3.05) is 23.9 Å². The van der Waals surface area contributed by atoms with Gasteiger partial charge in [0.2, 0.25) is 11.8 Å². The number of anilines is 2. The molecule has 2 aromatic rings. The fraction of sp³-hybridized carbons (Fsp3) is 0.267. The quantitative estimate of drug-likeness (QED) is 0.896. The molecular weight excluding hydrogens is 320 g/mol. The van der Waals surface area contributed by atoms with Crippen molar-refractivity contribution < 1.29 is 14.3 Å². The third-order valence-electron chi connectivity index (χ3n) is 3.69. The number of rotatable bonds is 4. The smallest absolute Gasteiger partial charge is 0.229 e. The number of halogens is 1. The van der Waals surface area contributed by atoms with E-state index in [1.165, 1.54) is 18.2 Å². The molecule has 0 unspecified atom stereocenters. The minimum absolute atomic E-state index is 0.138. The highest BCUT2D eigenvalue weighted by Gasteiger charge is 2.36. The van der Waals surface area contributed by atoms with Crippen LogP contribution in [0.3, 0.4) is 0 Å². The van der Waals surface area contributed by atoms with Gasteiger partial charge in [0, 0.05) is 24.2 Å². The first-order valence-corrected chi connectivity index (χ1v) is 7.40. The summed E-state index contributed by atoms with van der Waals surface area (Å²) < 4.78 is 5.28. The summed E-state index contributed by atoms with van der Waals surface area (Å²) in [6.07, 6.45) is 3.22. The molecule has 1 aliphatic heterocycles. The van der Waals surface area contributed by atoms with E-state index in [0.29, 0.717) is 22.1 Å². The number of carbonyl (C=O) groups excluding carboxylic acids is 2. The lowest BCUT2D eigenvalue weighted by molar-refractivity contribution is -0.122. The molecule has 8 heteroatoms. The van der Waals surface area contributed by atoms with Crippen molar-refractivity contribution in [2.24, 2.45) is 5.92 Å². The van der Waals surface area contributed by atoms with Crippen molar-refractivity contribution in [1.29, 1.82) is 0 Å². The maximum atomic E-state index is 12.3. The van der Waals surface area contributed by atoms with Gasteiger partial charge >= 0.3 is 0 Å². The third kappa shape index (κ3) is 3.14. The molecule has 0 aliphatic carbocycles. The minimum atomic E-state index is -0.443. The van der Waals surface area contributed by atoms with Crippen LogP contribution in [0.1, 0.15) is 6.42 Å². The van der Waals surface area contributed by atoms with E-state index in [-0.39, 0.29) is 24.8 Å². The van der Waals surface area contributed by atoms with Gasteiger partial charge in [-0.15, -0.1) is 0 Å². The molecule has 1 aliphatic rings. The Morgan fingerprint density at radius 3 is 3.04 bits per heavy atom. The summed E-state index contributed by atoms with van der Waals surface area (Å²) in [5.41, 5.74) is 1.14. The van der Waals surface area contributed by atoms with Crippen molar-refractivity contribution >= 4 is 34.8 Å². The van der Waals surface area contributed by atoms with E-state index in [1.54, 1.807) is 24.4 Å². The number of nitrogens with zero attached hydrogens (tertiary/aromatic N) is 2. The van der Waals surface area contributed by atoms with Crippen LogP contribution in [0.4, 0.5) is 11.4 Å². The Balaban J connectivity index is 1.77. The number of ether oxygens (including phenoxy) is 1. The first-order chi connectivity index (χ1) is 11.1. The molecule has 0 bridgehead atoms. The lowest BCUT2D eigenvalue weighted by atomic mass is 10.1. The number of aromatic nitrogens is 2. The highest BCUT2D eigenvalue weighted by Crippen LogP contribution is 2.35. The van der Waals surface area contributed by atoms with Gasteiger partial charge < -0.3 is 15.0 Å². The maximum absolute atomic E-state index is 12.3. The van der Waals surface area contributed by atoms with E-state index in [9.17, 15) is 9.59 Å². The Kier molecular flexibility index (Phi) is 4.20. The Hall–Kier alpha value is -2.54. The van der Waals surface area contributed by atoms with Gasteiger partial charge in [-0.05, 0) is 18.2 Å². The lowest BCUT2D eigenvalue weighted by Gasteiger charge is -2.19. The Labute approximate surface area is 137 Å². The van der Waals surface area contributed by atoms with Crippen molar-refractivity contribution in [1.82, 2.24) is 10.2 Å². The summed E-state index contributed by atoms with van der Waals surface area (Å²) in [4.78, 5) is 26.1. The van der Waals surface area contributed by atoms with Crippen molar-refractivity contribution in [3.63, 3.8) is 0 Å². The third-order valence-corrected chi connectivity index (χ3v) is 3.93. The number of hydrogen-bond acceptors (Lipinski definition) is 4. The van der Waals surface area contributed by atoms with Crippen LogP contribution in [0.15, 0.2) is 30.6 Å². The summed E-state index contributed by atoms with van der Waals surface area (Å²) in [5.74, 6) is -0.263. The number of benzene rings is 1. The van der Waals surface area contributed by atoms with Crippen molar-refractivity contribution in [3.05, 3.63) is 35.6 Å². The van der Waals surface area contributed by atoms with Crippen LogP contribution in [-0.4, -0.2) is 35.7 Å². The largest absolute Gasteiger partial charge is 0.495 e. The highest BCUT2D eigenvalue weighted by molar-refractivity contribution is 6.31. The SMILES string of the molecule is COc1ccc(Cl)cc1N1C[C@H](C(=O)Nc2cn[nH]c2)CC1=O. The van der Waals surface area contributed by atoms with Gasteiger partial charge in [0.15, 0.2) is 0 Å². The van der Waals surface area contributed by atoms with Crippen LogP contribution in [-0.2, 0) is 9.59 Å². The van der Waals surface area contributed by atoms with Crippen LogP contribution >= 0.6 is 11.6 Å². The Bertz CT molecular complexity index is 732. The van der Waals surface area contributed by atoms with Gasteiger partial charge in [-0.25, -0.2) is 0 Å². The summed E-state index contributed by atoms with van der Waals surface area (Å²) in [7, 11) is 1.52. The van der Waals surface area contributed by atoms with Crippen LogP contribution in [0.5, 0.6) is 5.75 Å². The normalized spacial score (nSPS) is 17.4. The summed E-state index contributed by atoms with van der Waals surface area (Å²) in [6.45, 7) is 0.277. The van der Waals surface area contributed by atoms with E-state index < -0.39 is 5.92 Å². The van der Waals surface area contributed by atoms with E-state index in [4.69, 9.17) is 16.3 Å². The molecule has 120 valence electrons. The van der Waals surface area contributed by atoms with Gasteiger partial charge in [0.1, 0.15) is 5.75 Å². The second-order valence-electron chi connectivity index (χ2n) is 5.20. The average molecular weight is 335 g/mol. The number of carbonyl (C=O) groups is 2. The predicted molar refractivity (Wildman–Crippen MR) is 85.7 cm³/mol. The second kappa shape index (κ2) is 6.29. The monoisotopic (exact) mass is 334 g/mol. The molecular formula is C15H15ClN4O3. The molecule has 1 aromatic heterocycles. The molecule has 1 aromatic carbocycles. The summed E-state index contributed by atoms with van der Waals surface area (Å²) in [6, 6.07) is 5.05. The molecule has 1 fully saturated rings. The molecule has 7 nitrogen and oxygen atoms in total. The molecule has 0 spiro atoms. The van der Waals surface area contributed by atoms with Gasteiger partial charge in [0.05, 0.1) is 30.6 Å². The van der Waals surface area contributed by atoms with Crippen molar-refractivity contribution in [3.8, 4) is 5.75 Å². The van der Waals surface area contributed by atoms with Gasteiger partial charge in [-0.3, -0.25) is 14.7 Å². The van der Waals surface area contributed by atoms with Crippen LogP contribution in [0.25, 0.3) is 0 Å². The second-order valence-corrected chi connectivity index (χ2v) is 5.63. The molecule has 2 N–H and O–H groups in total. The number of methoxy groups -OCH3 is 1. The molecule has 23 heavy (non-hydrogen) atoms. The van der Waals surface area contributed by atoms with E-state index in [0.717, 1.165) is 0 Å². The summed E-state index contributed by atoms with van der Waals surface area (Å²) >= 11 is 6.01. The Morgan fingerprint density at radius 1 is 1.52 bits per heavy atom. The van der Waals surface area contributed by atoms with Crippen LogP contribution in [0.2, 0.25) is 5.02 Å². The van der Waals surface area contributed by atoms with E-state index in [2.05, 4.69) is 15.5 Å². The zero-order chi connectivity index (χ0) is 16.4. The van der Waals surface area contributed by atoms with Gasteiger partial charge in [-0.1, -0.05) is 11.6 Å². The first kappa shape index (κ1) is 15.4. The molecule has 2 heterocycles. The number of nitrogens with one attached hydrogen (secondary N) is 2. The van der Waals surface area contributed by atoms with Crippen LogP contribution < -0.4 is 15.0 Å². The lowest BCUT2D eigenvalue weighted by Crippen LogP contribution is -2.28. The molecule has 0 radical (unpaired) electrons. The van der Waals surface area contributed by atoms with Crippen molar-refractivity contribution in [2.45, 2.75) is 6.42 Å². The van der Waals surface area contributed by atoms with E-state index >= 15 is 0 Å². The number of aromatic amines is 1. The minimum Gasteiger partial charge on any atom is -0.495 e. The van der Waals surface area contributed by atoms with Gasteiger partial charge in [0.25, 0.3) is 0 Å². The fourth-order valence-electron chi connectivity index (χ4n) is 2.55.